The predicted octanol–water partition coefficient (Wildman–Crippen LogP) is 3.63. The molecule has 0 radical (unpaired) electrons. The van der Waals surface area contributed by atoms with E-state index in [0.29, 0.717) is 11.1 Å². The molecule has 0 saturated carbocycles. The molecule has 0 bridgehead atoms. The van der Waals surface area contributed by atoms with E-state index in [2.05, 4.69) is 4.84 Å². The van der Waals surface area contributed by atoms with E-state index in [1.807, 2.05) is 13.8 Å². The Morgan fingerprint density at radius 3 is 2.53 bits per heavy atom. The molecular weight excluding hydrogens is 257 g/mol. The highest BCUT2D eigenvalue weighted by Crippen LogP contribution is 2.38. The van der Waals surface area contributed by atoms with E-state index in [-0.39, 0.29) is 18.0 Å². The van der Waals surface area contributed by atoms with E-state index in [4.69, 9.17) is 5.90 Å². The molecule has 6 heteroatoms. The first-order chi connectivity index (χ1) is 8.86. The molecule has 1 heterocycles. The van der Waals surface area contributed by atoms with Gasteiger partial charge in [-0.05, 0) is 26.0 Å². The smallest absolute Gasteiger partial charge is 0.345 e. The van der Waals surface area contributed by atoms with Gasteiger partial charge >= 0.3 is 6.18 Å². The molecule has 0 aliphatic rings. The average molecular weight is 272 g/mol. The molecule has 3 nitrogen and oxygen atoms in total. The van der Waals surface area contributed by atoms with Crippen LogP contribution in [0.2, 0.25) is 0 Å². The number of aromatic nitrogens is 1. The van der Waals surface area contributed by atoms with Crippen LogP contribution in [-0.2, 0) is 17.6 Å². The van der Waals surface area contributed by atoms with E-state index >= 15 is 0 Å². The number of benzene rings is 1. The second kappa shape index (κ2) is 4.86. The molecule has 2 rings (SSSR count). The summed E-state index contributed by atoms with van der Waals surface area (Å²) in [5.41, 5.74) is 0.326. The number of nitrogens with zero attached hydrogens (tertiary/aromatic N) is 1. The Bertz CT molecular complexity index is 587. The normalized spacial score (nSPS) is 12.6. The highest BCUT2D eigenvalue weighted by molar-refractivity contribution is 5.88. The van der Waals surface area contributed by atoms with Gasteiger partial charge in [0, 0.05) is 28.7 Å². The first-order valence-electron chi connectivity index (χ1n) is 5.87. The SMILES string of the molecule is CC(C)n1cc(CON)c2c(C(F)(F)F)cccc21. The molecule has 0 amide bonds. The van der Waals surface area contributed by atoms with Gasteiger partial charge < -0.3 is 4.57 Å². The Hall–Kier alpha value is -1.53. The van der Waals surface area contributed by atoms with Crippen molar-refractivity contribution in [3.8, 4) is 0 Å². The summed E-state index contributed by atoms with van der Waals surface area (Å²) in [6.07, 6.45) is -2.73. The molecule has 0 fully saturated rings. The van der Waals surface area contributed by atoms with Crippen LogP contribution in [0.5, 0.6) is 0 Å². The molecule has 0 aliphatic heterocycles. The maximum absolute atomic E-state index is 13.1. The number of alkyl halides is 3. The van der Waals surface area contributed by atoms with Crippen LogP contribution < -0.4 is 5.90 Å². The van der Waals surface area contributed by atoms with Crippen LogP contribution in [0.3, 0.4) is 0 Å². The molecule has 19 heavy (non-hydrogen) atoms. The minimum Gasteiger partial charge on any atom is -0.345 e. The lowest BCUT2D eigenvalue weighted by Crippen LogP contribution is -2.07. The second-order valence-electron chi connectivity index (χ2n) is 4.66. The van der Waals surface area contributed by atoms with E-state index in [9.17, 15) is 13.2 Å². The van der Waals surface area contributed by atoms with Gasteiger partial charge in [-0.3, -0.25) is 4.84 Å². The van der Waals surface area contributed by atoms with Crippen LogP contribution >= 0.6 is 0 Å². The molecule has 0 aliphatic carbocycles. The molecule has 1 aromatic carbocycles. The van der Waals surface area contributed by atoms with Gasteiger partial charge in [0.25, 0.3) is 0 Å². The summed E-state index contributed by atoms with van der Waals surface area (Å²) in [4.78, 5) is 4.52. The third kappa shape index (κ3) is 2.46. The molecule has 2 aromatic rings. The second-order valence-corrected chi connectivity index (χ2v) is 4.66. The van der Waals surface area contributed by atoms with Crippen LogP contribution in [0.4, 0.5) is 13.2 Å². The summed E-state index contributed by atoms with van der Waals surface area (Å²) in [5, 5.41) is 0.161. The molecule has 0 spiro atoms. The number of hydrogen-bond donors (Lipinski definition) is 1. The summed E-state index contributed by atoms with van der Waals surface area (Å²) in [6.45, 7) is 3.77. The van der Waals surface area contributed by atoms with E-state index in [1.54, 1.807) is 16.8 Å². The topological polar surface area (TPSA) is 40.2 Å². The Kier molecular flexibility index (Phi) is 3.56. The van der Waals surface area contributed by atoms with Gasteiger partial charge in [-0.15, -0.1) is 0 Å². The monoisotopic (exact) mass is 272 g/mol. The summed E-state index contributed by atoms with van der Waals surface area (Å²) < 4.78 is 41.0. The van der Waals surface area contributed by atoms with Crippen LogP contribution in [0.25, 0.3) is 10.9 Å². The highest BCUT2D eigenvalue weighted by atomic mass is 19.4. The number of hydrogen-bond acceptors (Lipinski definition) is 2. The van der Waals surface area contributed by atoms with Crippen molar-refractivity contribution in [1.82, 2.24) is 4.57 Å². The molecule has 0 unspecified atom stereocenters. The van der Waals surface area contributed by atoms with Gasteiger partial charge in [0.15, 0.2) is 0 Å². The first-order valence-corrected chi connectivity index (χ1v) is 5.87. The lowest BCUT2D eigenvalue weighted by molar-refractivity contribution is -0.136. The summed E-state index contributed by atoms with van der Waals surface area (Å²) in [5.74, 6) is 5.01. The van der Waals surface area contributed by atoms with Gasteiger partial charge in [-0.25, -0.2) is 5.90 Å². The fourth-order valence-electron chi connectivity index (χ4n) is 2.26. The molecule has 0 atom stereocenters. The van der Waals surface area contributed by atoms with Crippen molar-refractivity contribution < 1.29 is 18.0 Å². The third-order valence-electron chi connectivity index (χ3n) is 3.04. The van der Waals surface area contributed by atoms with Crippen LogP contribution in [0.15, 0.2) is 24.4 Å². The molecule has 2 N–H and O–H groups in total. The van der Waals surface area contributed by atoms with Crippen LogP contribution in [-0.4, -0.2) is 4.57 Å². The lowest BCUT2D eigenvalue weighted by atomic mass is 10.1. The first kappa shape index (κ1) is 13.9. The number of nitrogens with two attached hydrogens (primary N) is 1. The van der Waals surface area contributed by atoms with Crippen LogP contribution in [0.1, 0.15) is 31.0 Å². The van der Waals surface area contributed by atoms with Gasteiger partial charge in [0.1, 0.15) is 0 Å². The molecular formula is C13H15F3N2O. The van der Waals surface area contributed by atoms with Crippen molar-refractivity contribution in [2.45, 2.75) is 32.7 Å². The van der Waals surface area contributed by atoms with E-state index < -0.39 is 11.7 Å². The maximum atomic E-state index is 13.1. The maximum Gasteiger partial charge on any atom is 0.417 e. The van der Waals surface area contributed by atoms with Gasteiger partial charge in [0.2, 0.25) is 0 Å². The number of halogens is 3. The van der Waals surface area contributed by atoms with Gasteiger partial charge in [-0.1, -0.05) is 6.07 Å². The molecule has 0 saturated heterocycles. The Labute approximate surface area is 108 Å². The fourth-order valence-corrected chi connectivity index (χ4v) is 2.26. The minimum atomic E-state index is -4.40. The zero-order valence-corrected chi connectivity index (χ0v) is 10.7. The minimum absolute atomic E-state index is 0.0523. The Balaban J connectivity index is 2.79. The van der Waals surface area contributed by atoms with Crippen molar-refractivity contribution in [2.75, 3.05) is 0 Å². The standard InChI is InChI=1S/C13H15F3N2O/c1-8(2)18-6-9(7-19-17)12-10(13(14,15)16)4-3-5-11(12)18/h3-6,8H,7,17H2,1-2H3. The summed E-state index contributed by atoms with van der Waals surface area (Å²) >= 11 is 0. The number of fused-ring (bicyclic) bond motifs is 1. The Morgan fingerprint density at radius 1 is 1.32 bits per heavy atom. The largest absolute Gasteiger partial charge is 0.417 e. The fraction of sp³-hybridized carbons (Fsp3) is 0.385. The summed E-state index contributed by atoms with van der Waals surface area (Å²) in [6, 6.07) is 4.21. The van der Waals surface area contributed by atoms with Crippen molar-refractivity contribution in [2.24, 2.45) is 5.90 Å². The summed E-state index contributed by atoms with van der Waals surface area (Å²) in [7, 11) is 0. The van der Waals surface area contributed by atoms with E-state index in [1.165, 1.54) is 6.07 Å². The van der Waals surface area contributed by atoms with Gasteiger partial charge in [0.05, 0.1) is 12.2 Å². The zero-order chi connectivity index (χ0) is 14.2. The predicted molar refractivity (Wildman–Crippen MR) is 66.3 cm³/mol. The van der Waals surface area contributed by atoms with Crippen molar-refractivity contribution in [3.05, 3.63) is 35.5 Å². The molecule has 104 valence electrons. The number of rotatable bonds is 3. The Morgan fingerprint density at radius 2 is 2.00 bits per heavy atom. The molecule has 1 aromatic heterocycles. The average Bonchev–Trinajstić information content (AvgIpc) is 2.67. The quantitative estimate of drug-likeness (QED) is 0.867. The van der Waals surface area contributed by atoms with Crippen molar-refractivity contribution in [3.63, 3.8) is 0 Å². The van der Waals surface area contributed by atoms with E-state index in [0.717, 1.165) is 6.07 Å². The van der Waals surface area contributed by atoms with Crippen molar-refractivity contribution in [1.29, 1.82) is 0 Å². The van der Waals surface area contributed by atoms with Gasteiger partial charge in [-0.2, -0.15) is 13.2 Å². The third-order valence-corrected chi connectivity index (χ3v) is 3.04. The van der Waals surface area contributed by atoms with Crippen LogP contribution in [0, 0.1) is 0 Å². The lowest BCUT2D eigenvalue weighted by Gasteiger charge is -2.12. The zero-order valence-electron chi connectivity index (χ0n) is 10.7. The highest BCUT2D eigenvalue weighted by Gasteiger charge is 2.34. The van der Waals surface area contributed by atoms with Crippen molar-refractivity contribution >= 4 is 10.9 Å².